The summed E-state index contributed by atoms with van der Waals surface area (Å²) in [5, 5.41) is 4.41. The van der Waals surface area contributed by atoms with Crippen LogP contribution < -0.4 is 0 Å². The van der Waals surface area contributed by atoms with Gasteiger partial charge in [-0.2, -0.15) is 0 Å². The van der Waals surface area contributed by atoms with E-state index in [2.05, 4.69) is 83.6 Å². The van der Waals surface area contributed by atoms with E-state index in [1.165, 1.54) is 6.20 Å². The van der Waals surface area contributed by atoms with Crippen LogP contribution in [0.25, 0.3) is 77.5 Å². The van der Waals surface area contributed by atoms with Gasteiger partial charge in [0.1, 0.15) is 5.58 Å². The van der Waals surface area contributed by atoms with Crippen molar-refractivity contribution < 1.29 is 28.6 Å². The normalized spacial score (nSPS) is 12.0. The van der Waals surface area contributed by atoms with E-state index in [9.17, 15) is 0 Å². The van der Waals surface area contributed by atoms with Crippen LogP contribution in [0.5, 0.6) is 0 Å². The number of pyridine rings is 3. The molecule has 0 spiro atoms. The van der Waals surface area contributed by atoms with Gasteiger partial charge in [-0.1, -0.05) is 89.8 Å². The Morgan fingerprint density at radius 3 is 2.34 bits per heavy atom. The maximum Gasteiger partial charge on any atom is 0.129 e. The van der Waals surface area contributed by atoms with Crippen molar-refractivity contribution in [3.63, 3.8) is 0 Å². The van der Waals surface area contributed by atoms with Gasteiger partial charge in [-0.15, -0.1) is 54.1 Å². The van der Waals surface area contributed by atoms with Crippen LogP contribution in [-0.2, 0) is 20.1 Å². The van der Waals surface area contributed by atoms with Crippen molar-refractivity contribution in [2.75, 3.05) is 0 Å². The van der Waals surface area contributed by atoms with Gasteiger partial charge in [0.25, 0.3) is 0 Å². The largest absolute Gasteiger partial charge is 0.500 e. The van der Waals surface area contributed by atoms with Crippen LogP contribution in [-0.4, -0.2) is 15.0 Å². The van der Waals surface area contributed by atoms with E-state index in [0.717, 1.165) is 83.0 Å². The number of aromatic nitrogens is 3. The molecular formula is C45H31IrN3O-2. The number of hydrogen-bond acceptors (Lipinski definition) is 4. The predicted molar refractivity (Wildman–Crippen MR) is 200 cm³/mol. The smallest absolute Gasteiger partial charge is 0.129 e. The molecule has 0 atom stereocenters. The van der Waals surface area contributed by atoms with E-state index in [1.54, 1.807) is 18.2 Å². The molecule has 4 nitrogen and oxygen atoms in total. The summed E-state index contributed by atoms with van der Waals surface area (Å²) in [6.45, 7) is 0.0427. The number of nitrogens with zero attached hydrogens (tertiary/aromatic N) is 3. The molecule has 0 amide bonds. The predicted octanol–water partition coefficient (Wildman–Crippen LogP) is 11.5. The molecule has 0 bridgehead atoms. The summed E-state index contributed by atoms with van der Waals surface area (Å²) in [5.41, 5.74) is 10.9. The molecule has 4 heterocycles. The molecule has 5 heteroatoms. The van der Waals surface area contributed by atoms with Crippen molar-refractivity contribution in [3.8, 4) is 44.8 Å². The quantitative estimate of drug-likeness (QED) is 0.166. The average molecular weight is 825 g/mol. The molecule has 9 rings (SSSR count). The summed E-state index contributed by atoms with van der Waals surface area (Å²) in [5.74, 6) is 0. The van der Waals surface area contributed by atoms with Crippen molar-refractivity contribution in [2.24, 2.45) is 0 Å². The molecule has 0 aliphatic rings. The molecule has 50 heavy (non-hydrogen) atoms. The van der Waals surface area contributed by atoms with E-state index in [1.807, 2.05) is 73.2 Å². The van der Waals surface area contributed by atoms with Crippen LogP contribution in [0.4, 0.5) is 0 Å². The summed E-state index contributed by atoms with van der Waals surface area (Å²) < 4.78 is 28.4. The Morgan fingerprint density at radius 1 is 0.640 bits per heavy atom. The average Bonchev–Trinajstić information content (AvgIpc) is 3.57. The summed E-state index contributed by atoms with van der Waals surface area (Å²) in [6.07, 6.45) is 7.01. The summed E-state index contributed by atoms with van der Waals surface area (Å²) in [7, 11) is 0. The molecule has 243 valence electrons. The van der Waals surface area contributed by atoms with Crippen LogP contribution in [0, 0.1) is 25.9 Å². The van der Waals surface area contributed by atoms with Crippen molar-refractivity contribution >= 4 is 32.7 Å². The molecular weight excluding hydrogens is 791 g/mol. The van der Waals surface area contributed by atoms with Crippen LogP contribution >= 0.6 is 0 Å². The molecule has 0 saturated carbocycles. The molecule has 0 saturated heterocycles. The topological polar surface area (TPSA) is 51.8 Å². The Kier molecular flexibility index (Phi) is 8.41. The molecule has 4 aromatic heterocycles. The fourth-order valence-corrected chi connectivity index (χ4v) is 6.24. The molecule has 0 unspecified atom stereocenters. The fourth-order valence-electron chi connectivity index (χ4n) is 6.24. The minimum absolute atomic E-state index is 0. The molecule has 0 fully saturated rings. The number of aryl methyl sites for hydroxylation is 2. The second-order valence-electron chi connectivity index (χ2n) is 11.7. The monoisotopic (exact) mass is 825 g/mol. The Balaban J connectivity index is 0.000000216. The van der Waals surface area contributed by atoms with E-state index in [4.69, 9.17) is 13.5 Å². The van der Waals surface area contributed by atoms with Crippen LogP contribution in [0.2, 0.25) is 0 Å². The van der Waals surface area contributed by atoms with Crippen molar-refractivity contribution in [1.82, 2.24) is 15.0 Å². The molecule has 0 aliphatic heterocycles. The number of hydrogen-bond donors (Lipinski definition) is 0. The number of benzene rings is 5. The molecule has 1 radical (unpaired) electrons. The Labute approximate surface area is 309 Å². The Hall–Kier alpha value is -5.74. The zero-order chi connectivity index (χ0) is 35.7. The van der Waals surface area contributed by atoms with Gasteiger partial charge in [0.05, 0.1) is 5.58 Å². The Bertz CT molecular complexity index is 2670. The van der Waals surface area contributed by atoms with Crippen LogP contribution in [0.15, 0.2) is 157 Å². The second-order valence-corrected chi connectivity index (χ2v) is 11.7. The minimum Gasteiger partial charge on any atom is -0.500 e. The van der Waals surface area contributed by atoms with Gasteiger partial charge in [0.2, 0.25) is 0 Å². The maximum absolute atomic E-state index is 7.23. The zero-order valence-corrected chi connectivity index (χ0v) is 29.4. The Morgan fingerprint density at radius 2 is 1.52 bits per heavy atom. The first kappa shape index (κ1) is 29.2. The first-order valence-electron chi connectivity index (χ1n) is 17.5. The van der Waals surface area contributed by atoms with Gasteiger partial charge in [0, 0.05) is 65.3 Å². The first-order chi connectivity index (χ1) is 25.3. The van der Waals surface area contributed by atoms with Gasteiger partial charge in [-0.05, 0) is 70.5 Å². The van der Waals surface area contributed by atoms with E-state index >= 15 is 0 Å². The molecule has 5 aromatic carbocycles. The first-order valence-corrected chi connectivity index (χ1v) is 16.0. The van der Waals surface area contributed by atoms with Crippen molar-refractivity contribution in [2.45, 2.75) is 13.8 Å². The summed E-state index contributed by atoms with van der Waals surface area (Å²) in [6, 6.07) is 48.4. The minimum atomic E-state index is -2.09. The van der Waals surface area contributed by atoms with Crippen LogP contribution in [0.1, 0.15) is 15.2 Å². The van der Waals surface area contributed by atoms with E-state index < -0.39 is 6.85 Å². The standard InChI is InChI=1S/C33H21N2O.C12H10N.Ir/c1-21-13-14-27-26-11-6-12-28(30-19-24(16-18-35-30)22-7-3-2-4-8-22)32(26)36-33(27)31(21)25-10-5-9-23-15-17-34-20-29(23)25;1-10-7-8-12(13-9-10)11-5-3-2-4-6-11;/h2-11,13-20H,1H3;2-5,7-9H,1H3;/q2*-1;/i;1D3;. The molecule has 9 aromatic rings. The SMILES string of the molecule is Cc1ccc2c(oc3c(-c4cc(-c5ccccc5)ccn4)[c-]ccc32)c1-c1cccc2ccncc12.[2H]C([2H])([2H])c1ccc(-c2[c-]cccc2)nc1.[Ir]. The number of fused-ring (bicyclic) bond motifs is 4. The number of rotatable bonds is 4. The van der Waals surface area contributed by atoms with Gasteiger partial charge in [-0.25, -0.2) is 0 Å². The van der Waals surface area contributed by atoms with E-state index in [0.29, 0.717) is 0 Å². The van der Waals surface area contributed by atoms with Gasteiger partial charge >= 0.3 is 0 Å². The second kappa shape index (κ2) is 14.4. The zero-order valence-electron chi connectivity index (χ0n) is 30.0. The summed E-state index contributed by atoms with van der Waals surface area (Å²) >= 11 is 0. The van der Waals surface area contributed by atoms with E-state index in [-0.39, 0.29) is 25.7 Å². The number of furan rings is 1. The molecule has 0 aliphatic carbocycles. The van der Waals surface area contributed by atoms with Crippen LogP contribution in [0.3, 0.4) is 0 Å². The third-order valence-electron chi connectivity index (χ3n) is 8.63. The summed E-state index contributed by atoms with van der Waals surface area (Å²) in [4.78, 5) is 13.2. The third-order valence-corrected chi connectivity index (χ3v) is 8.63. The van der Waals surface area contributed by atoms with Gasteiger partial charge < -0.3 is 14.4 Å². The molecule has 0 N–H and O–H groups in total. The van der Waals surface area contributed by atoms with Gasteiger partial charge in [-0.3, -0.25) is 4.98 Å². The van der Waals surface area contributed by atoms with Gasteiger partial charge in [0.15, 0.2) is 0 Å². The fraction of sp³-hybridized carbons (Fsp3) is 0.0444. The third kappa shape index (κ3) is 6.37. The maximum atomic E-state index is 7.23. The van der Waals surface area contributed by atoms with Crippen molar-refractivity contribution in [1.29, 1.82) is 0 Å². The van der Waals surface area contributed by atoms with Crippen molar-refractivity contribution in [3.05, 3.63) is 175 Å².